The van der Waals surface area contributed by atoms with Gasteiger partial charge in [-0.15, -0.1) is 0 Å². The predicted molar refractivity (Wildman–Crippen MR) is 103 cm³/mol. The van der Waals surface area contributed by atoms with Crippen molar-refractivity contribution in [2.24, 2.45) is 5.92 Å². The molecular weight excluding hydrogens is 326 g/mol. The quantitative estimate of drug-likeness (QED) is 0.739. The van der Waals surface area contributed by atoms with Crippen LogP contribution in [0.15, 0.2) is 42.5 Å². The number of nitrogens with zero attached hydrogens (tertiary/aromatic N) is 2. The molecule has 0 radical (unpaired) electrons. The van der Waals surface area contributed by atoms with Crippen molar-refractivity contribution in [3.05, 3.63) is 53.7 Å². The summed E-state index contributed by atoms with van der Waals surface area (Å²) >= 11 is 0. The lowest BCUT2D eigenvalue weighted by Gasteiger charge is -2.18. The molecule has 4 rings (SSSR count). The fraction of sp³-hybridized carbons (Fsp3) is 0.333. The molecule has 1 fully saturated rings. The van der Waals surface area contributed by atoms with Crippen LogP contribution >= 0.6 is 0 Å². The topological polar surface area (TPSA) is 69.2 Å². The molecule has 0 unspecified atom stereocenters. The van der Waals surface area contributed by atoms with Gasteiger partial charge in [0.1, 0.15) is 5.75 Å². The van der Waals surface area contributed by atoms with E-state index in [2.05, 4.69) is 10.2 Å². The average Bonchev–Trinajstić information content (AvgIpc) is 3.31. The minimum Gasteiger partial charge on any atom is -0.507 e. The molecule has 26 heavy (non-hydrogen) atoms. The maximum atomic E-state index is 12.9. The van der Waals surface area contributed by atoms with Gasteiger partial charge in [0.05, 0.1) is 16.8 Å². The summed E-state index contributed by atoms with van der Waals surface area (Å²) in [6, 6.07) is 12.8. The summed E-state index contributed by atoms with van der Waals surface area (Å²) in [6.45, 7) is 0. The first-order valence-electron chi connectivity index (χ1n) is 9.16. The Hall–Kier alpha value is -2.82. The number of aromatic amines is 1. The van der Waals surface area contributed by atoms with E-state index < -0.39 is 0 Å². The van der Waals surface area contributed by atoms with Gasteiger partial charge in [-0.05, 0) is 30.5 Å². The second kappa shape index (κ2) is 6.83. The van der Waals surface area contributed by atoms with Gasteiger partial charge in [-0.1, -0.05) is 43.9 Å². The molecule has 0 aliphatic heterocycles. The zero-order valence-corrected chi connectivity index (χ0v) is 14.9. The predicted octanol–water partition coefficient (Wildman–Crippen LogP) is 4.28. The van der Waals surface area contributed by atoms with Crippen LogP contribution in [0.4, 0.5) is 5.69 Å². The summed E-state index contributed by atoms with van der Waals surface area (Å²) in [5, 5.41) is 18.7. The Kier molecular flexibility index (Phi) is 4.37. The van der Waals surface area contributed by atoms with Crippen molar-refractivity contribution in [1.29, 1.82) is 0 Å². The number of rotatable bonds is 4. The number of benzene rings is 2. The zero-order valence-electron chi connectivity index (χ0n) is 14.9. The van der Waals surface area contributed by atoms with Crippen LogP contribution < -0.4 is 4.90 Å². The van der Waals surface area contributed by atoms with Gasteiger partial charge < -0.3 is 10.0 Å². The van der Waals surface area contributed by atoms with Gasteiger partial charge in [-0.2, -0.15) is 5.10 Å². The van der Waals surface area contributed by atoms with Crippen LogP contribution in [0.25, 0.3) is 10.9 Å². The van der Waals surface area contributed by atoms with Crippen molar-refractivity contribution < 1.29 is 9.90 Å². The summed E-state index contributed by atoms with van der Waals surface area (Å²) in [4.78, 5) is 14.5. The van der Waals surface area contributed by atoms with Gasteiger partial charge in [-0.25, -0.2) is 0 Å². The number of H-pyrrole nitrogens is 1. The maximum absolute atomic E-state index is 12.9. The van der Waals surface area contributed by atoms with Crippen molar-refractivity contribution in [3.8, 4) is 5.75 Å². The van der Waals surface area contributed by atoms with Crippen LogP contribution in [0.3, 0.4) is 0 Å². The van der Waals surface area contributed by atoms with E-state index in [1.165, 1.54) is 25.7 Å². The van der Waals surface area contributed by atoms with Crippen LogP contribution in [-0.2, 0) is 6.42 Å². The second-order valence-electron chi connectivity index (χ2n) is 7.14. The van der Waals surface area contributed by atoms with Gasteiger partial charge in [0.15, 0.2) is 0 Å². The zero-order chi connectivity index (χ0) is 18.1. The fourth-order valence-corrected chi connectivity index (χ4v) is 3.87. The van der Waals surface area contributed by atoms with E-state index in [1.54, 1.807) is 24.1 Å². The smallest absolute Gasteiger partial charge is 0.261 e. The molecule has 1 aromatic heterocycles. The number of phenols is 1. The highest BCUT2D eigenvalue weighted by Gasteiger charge is 2.22. The van der Waals surface area contributed by atoms with Crippen LogP contribution in [-0.4, -0.2) is 28.3 Å². The normalized spacial score (nSPS) is 14.8. The number of aromatic hydroxyl groups is 1. The number of anilines is 1. The molecule has 1 saturated carbocycles. The SMILES string of the molecule is CN(C(=O)c1cc2c(CC3CCCC3)n[nH]c2cc1O)c1ccccc1. The first-order valence-corrected chi connectivity index (χ1v) is 9.16. The molecule has 0 atom stereocenters. The number of carbonyl (C=O) groups is 1. The number of nitrogens with one attached hydrogen (secondary N) is 1. The third-order valence-electron chi connectivity index (χ3n) is 5.39. The van der Waals surface area contributed by atoms with Gasteiger partial charge in [0, 0.05) is 24.2 Å². The first-order chi connectivity index (χ1) is 12.6. The number of fused-ring (bicyclic) bond motifs is 1. The highest BCUT2D eigenvalue weighted by molar-refractivity contribution is 6.09. The van der Waals surface area contributed by atoms with Crippen LogP contribution in [0.5, 0.6) is 5.75 Å². The summed E-state index contributed by atoms with van der Waals surface area (Å²) in [5.41, 5.74) is 2.85. The molecule has 5 heteroatoms. The van der Waals surface area contributed by atoms with Gasteiger partial charge >= 0.3 is 0 Å². The molecule has 3 aromatic rings. The highest BCUT2D eigenvalue weighted by Crippen LogP contribution is 2.32. The molecule has 1 amide bonds. The van der Waals surface area contributed by atoms with Gasteiger partial charge in [-0.3, -0.25) is 9.89 Å². The molecule has 0 bridgehead atoms. The summed E-state index contributed by atoms with van der Waals surface area (Å²) in [6.07, 6.45) is 6.00. The van der Waals surface area contributed by atoms with E-state index in [0.29, 0.717) is 11.5 Å². The summed E-state index contributed by atoms with van der Waals surface area (Å²) in [7, 11) is 1.72. The number of hydrogen-bond acceptors (Lipinski definition) is 3. The largest absolute Gasteiger partial charge is 0.507 e. The minimum atomic E-state index is -0.233. The molecule has 134 valence electrons. The number of para-hydroxylation sites is 1. The number of amides is 1. The first kappa shape index (κ1) is 16.6. The van der Waals surface area contributed by atoms with E-state index in [-0.39, 0.29) is 11.7 Å². The molecule has 2 N–H and O–H groups in total. The van der Waals surface area contributed by atoms with Crippen molar-refractivity contribution in [3.63, 3.8) is 0 Å². The van der Waals surface area contributed by atoms with Gasteiger partial charge in [0.2, 0.25) is 0 Å². The standard InChI is InChI=1S/C21H23N3O2/c1-24(15-9-3-2-4-10-15)21(26)17-12-16-18(11-14-7-5-6-8-14)22-23-19(16)13-20(17)25/h2-4,9-10,12-14,25H,5-8,11H2,1H3,(H,22,23). The Morgan fingerprint density at radius 3 is 2.69 bits per heavy atom. The van der Waals surface area contributed by atoms with E-state index in [1.807, 2.05) is 30.3 Å². The van der Waals surface area contributed by atoms with Crippen molar-refractivity contribution in [2.45, 2.75) is 32.1 Å². The molecule has 1 aliphatic rings. The molecule has 2 aromatic carbocycles. The third-order valence-corrected chi connectivity index (χ3v) is 5.39. The Morgan fingerprint density at radius 1 is 1.23 bits per heavy atom. The summed E-state index contributed by atoms with van der Waals surface area (Å²) < 4.78 is 0. The average molecular weight is 349 g/mol. The number of aromatic nitrogens is 2. The molecule has 0 spiro atoms. The molecular formula is C21H23N3O2. The molecule has 1 heterocycles. The summed E-state index contributed by atoms with van der Waals surface area (Å²) in [5.74, 6) is 0.409. The van der Waals surface area contributed by atoms with E-state index in [4.69, 9.17) is 0 Å². The monoisotopic (exact) mass is 349 g/mol. The third kappa shape index (κ3) is 3.05. The lowest BCUT2D eigenvalue weighted by Crippen LogP contribution is -2.26. The number of carbonyl (C=O) groups excluding carboxylic acids is 1. The molecule has 1 aliphatic carbocycles. The second-order valence-corrected chi connectivity index (χ2v) is 7.14. The number of hydrogen-bond donors (Lipinski definition) is 2. The Bertz CT molecular complexity index is 927. The molecule has 5 nitrogen and oxygen atoms in total. The fourth-order valence-electron chi connectivity index (χ4n) is 3.87. The van der Waals surface area contributed by atoms with Crippen molar-refractivity contribution in [1.82, 2.24) is 10.2 Å². The van der Waals surface area contributed by atoms with E-state index in [0.717, 1.165) is 28.7 Å². The van der Waals surface area contributed by atoms with Crippen molar-refractivity contribution in [2.75, 3.05) is 11.9 Å². The van der Waals surface area contributed by atoms with E-state index >= 15 is 0 Å². The molecule has 0 saturated heterocycles. The minimum absolute atomic E-state index is 0.0265. The Morgan fingerprint density at radius 2 is 1.96 bits per heavy atom. The lowest BCUT2D eigenvalue weighted by molar-refractivity contribution is 0.0990. The lowest BCUT2D eigenvalue weighted by atomic mass is 9.99. The van der Waals surface area contributed by atoms with Crippen LogP contribution in [0, 0.1) is 5.92 Å². The Labute approximate surface area is 152 Å². The Balaban J connectivity index is 1.68. The van der Waals surface area contributed by atoms with Gasteiger partial charge in [0.25, 0.3) is 5.91 Å². The van der Waals surface area contributed by atoms with Crippen LogP contribution in [0.1, 0.15) is 41.7 Å². The highest BCUT2D eigenvalue weighted by atomic mass is 16.3. The maximum Gasteiger partial charge on any atom is 0.261 e. The van der Waals surface area contributed by atoms with E-state index in [9.17, 15) is 9.90 Å². The number of phenolic OH excluding ortho intramolecular Hbond substituents is 1. The van der Waals surface area contributed by atoms with Crippen molar-refractivity contribution >= 4 is 22.5 Å². The van der Waals surface area contributed by atoms with Crippen LogP contribution in [0.2, 0.25) is 0 Å².